The summed E-state index contributed by atoms with van der Waals surface area (Å²) in [6.07, 6.45) is 0.254. The first kappa shape index (κ1) is 14.4. The molecule has 1 unspecified atom stereocenters. The maximum absolute atomic E-state index is 13.3. The smallest absolute Gasteiger partial charge is 0.323 e. The monoisotopic (exact) mass is 255 g/mol. The highest BCUT2D eigenvalue weighted by Gasteiger charge is 2.31. The third kappa shape index (κ3) is 3.70. The molecule has 0 aliphatic carbocycles. The quantitative estimate of drug-likeness (QED) is 0.783. The molecular weight excluding hydrogens is 237 g/mol. The van der Waals surface area contributed by atoms with Crippen LogP contribution in [0.2, 0.25) is 0 Å². The second-order valence-electron chi connectivity index (χ2n) is 4.20. The van der Waals surface area contributed by atoms with E-state index < -0.39 is 17.3 Å². The summed E-state index contributed by atoms with van der Waals surface area (Å²) in [6.45, 7) is 4.10. The predicted molar refractivity (Wildman–Crippen MR) is 66.2 cm³/mol. The van der Waals surface area contributed by atoms with Gasteiger partial charge in [-0.2, -0.15) is 0 Å². The second-order valence-corrected chi connectivity index (χ2v) is 4.20. The minimum atomic E-state index is -1.06. The first-order valence-electron chi connectivity index (χ1n) is 5.85. The molecule has 18 heavy (non-hydrogen) atoms. The van der Waals surface area contributed by atoms with Crippen molar-refractivity contribution in [3.05, 3.63) is 30.1 Å². The van der Waals surface area contributed by atoms with Gasteiger partial charge in [-0.15, -0.1) is 0 Å². The fourth-order valence-corrected chi connectivity index (χ4v) is 1.59. The molecule has 2 N–H and O–H groups in total. The van der Waals surface area contributed by atoms with E-state index in [-0.39, 0.29) is 18.8 Å². The van der Waals surface area contributed by atoms with Crippen molar-refractivity contribution >= 4 is 5.97 Å². The maximum Gasteiger partial charge on any atom is 0.323 e. The molecule has 0 amide bonds. The number of carboxylic acid groups (broad SMARTS) is 1. The molecule has 1 aromatic carbocycles. The van der Waals surface area contributed by atoms with Gasteiger partial charge in [0.05, 0.1) is 6.61 Å². The zero-order valence-corrected chi connectivity index (χ0v) is 10.6. The van der Waals surface area contributed by atoms with Crippen molar-refractivity contribution < 1.29 is 19.0 Å². The molecule has 5 heteroatoms. The van der Waals surface area contributed by atoms with Crippen molar-refractivity contribution in [1.29, 1.82) is 0 Å². The molecule has 100 valence electrons. The third-order valence-corrected chi connectivity index (χ3v) is 2.74. The Bertz CT molecular complexity index is 411. The van der Waals surface area contributed by atoms with Crippen LogP contribution >= 0.6 is 0 Å². The van der Waals surface area contributed by atoms with Gasteiger partial charge in [-0.3, -0.25) is 4.79 Å². The molecule has 1 rings (SSSR count). The highest BCUT2D eigenvalue weighted by Crippen LogP contribution is 2.17. The van der Waals surface area contributed by atoms with E-state index >= 15 is 0 Å². The van der Waals surface area contributed by atoms with Gasteiger partial charge in [0.25, 0.3) is 0 Å². The van der Waals surface area contributed by atoms with Gasteiger partial charge in [0, 0.05) is 6.42 Å². The standard InChI is InChI=1S/C13H18FNO3/c1-3-15-13(2,12(16)17)8-9-18-11-7-5-4-6-10(11)14/h4-7,15H,3,8-9H2,1-2H3,(H,16,17). The van der Waals surface area contributed by atoms with E-state index in [1.807, 2.05) is 6.92 Å². The molecule has 0 spiro atoms. The molecule has 0 radical (unpaired) electrons. The van der Waals surface area contributed by atoms with Crippen LogP contribution in [0.3, 0.4) is 0 Å². The van der Waals surface area contributed by atoms with Gasteiger partial charge in [0.15, 0.2) is 11.6 Å². The van der Waals surface area contributed by atoms with E-state index in [1.54, 1.807) is 19.1 Å². The van der Waals surface area contributed by atoms with Crippen molar-refractivity contribution in [2.45, 2.75) is 25.8 Å². The summed E-state index contributed by atoms with van der Waals surface area (Å²) in [7, 11) is 0. The van der Waals surface area contributed by atoms with Gasteiger partial charge in [-0.25, -0.2) is 4.39 Å². The number of rotatable bonds is 7. The highest BCUT2D eigenvalue weighted by atomic mass is 19.1. The Balaban J connectivity index is 2.54. The highest BCUT2D eigenvalue weighted by molar-refractivity contribution is 5.78. The van der Waals surface area contributed by atoms with Crippen molar-refractivity contribution in [2.75, 3.05) is 13.2 Å². The van der Waals surface area contributed by atoms with E-state index in [0.717, 1.165) is 0 Å². The number of aliphatic carboxylic acids is 1. The summed E-state index contributed by atoms with van der Waals surface area (Å²) in [5, 5.41) is 12.0. The van der Waals surface area contributed by atoms with Crippen LogP contribution in [-0.2, 0) is 4.79 Å². The molecule has 0 saturated carbocycles. The van der Waals surface area contributed by atoms with Crippen LogP contribution in [0.15, 0.2) is 24.3 Å². The Morgan fingerprint density at radius 2 is 2.17 bits per heavy atom. The topological polar surface area (TPSA) is 58.6 Å². The number of likely N-dealkylation sites (N-methyl/N-ethyl adjacent to an activating group) is 1. The molecule has 0 aliphatic heterocycles. The van der Waals surface area contributed by atoms with Gasteiger partial charge < -0.3 is 15.2 Å². The number of para-hydroxylation sites is 1. The number of hydrogen-bond acceptors (Lipinski definition) is 3. The number of carbonyl (C=O) groups is 1. The fourth-order valence-electron chi connectivity index (χ4n) is 1.59. The molecule has 1 aromatic rings. The maximum atomic E-state index is 13.3. The summed E-state index contributed by atoms with van der Waals surface area (Å²) >= 11 is 0. The lowest BCUT2D eigenvalue weighted by Gasteiger charge is -2.25. The van der Waals surface area contributed by atoms with E-state index in [4.69, 9.17) is 9.84 Å². The van der Waals surface area contributed by atoms with Crippen molar-refractivity contribution in [3.63, 3.8) is 0 Å². The van der Waals surface area contributed by atoms with Gasteiger partial charge in [-0.1, -0.05) is 19.1 Å². The van der Waals surface area contributed by atoms with E-state index in [2.05, 4.69) is 5.32 Å². The van der Waals surface area contributed by atoms with E-state index in [0.29, 0.717) is 6.54 Å². The minimum absolute atomic E-state index is 0.136. The Morgan fingerprint density at radius 1 is 1.50 bits per heavy atom. The van der Waals surface area contributed by atoms with Gasteiger partial charge >= 0.3 is 5.97 Å². The Morgan fingerprint density at radius 3 is 2.72 bits per heavy atom. The SMILES string of the molecule is CCNC(C)(CCOc1ccccc1F)C(=O)O. The van der Waals surface area contributed by atoms with Crippen LogP contribution in [0.25, 0.3) is 0 Å². The molecule has 0 saturated heterocycles. The van der Waals surface area contributed by atoms with Crippen LogP contribution in [0, 0.1) is 5.82 Å². The first-order valence-corrected chi connectivity index (χ1v) is 5.85. The van der Waals surface area contributed by atoms with Crippen LogP contribution in [-0.4, -0.2) is 29.8 Å². The Kier molecular flexibility index (Phi) is 5.09. The van der Waals surface area contributed by atoms with Crippen LogP contribution in [0.4, 0.5) is 4.39 Å². The third-order valence-electron chi connectivity index (χ3n) is 2.74. The fraction of sp³-hybridized carbons (Fsp3) is 0.462. The summed E-state index contributed by atoms with van der Waals surface area (Å²) < 4.78 is 18.5. The van der Waals surface area contributed by atoms with Crippen molar-refractivity contribution in [2.24, 2.45) is 0 Å². The number of halogens is 1. The molecule has 1 atom stereocenters. The minimum Gasteiger partial charge on any atom is -0.490 e. The summed E-state index contributed by atoms with van der Waals surface area (Å²) in [6, 6.07) is 6.05. The largest absolute Gasteiger partial charge is 0.490 e. The lowest BCUT2D eigenvalue weighted by Crippen LogP contribution is -2.50. The van der Waals surface area contributed by atoms with Crippen LogP contribution < -0.4 is 10.1 Å². The van der Waals surface area contributed by atoms with Gasteiger partial charge in [0.2, 0.25) is 0 Å². The molecule has 0 aromatic heterocycles. The lowest BCUT2D eigenvalue weighted by molar-refractivity contribution is -0.144. The van der Waals surface area contributed by atoms with Gasteiger partial charge in [0.1, 0.15) is 5.54 Å². The molecular formula is C13H18FNO3. The number of nitrogens with one attached hydrogen (secondary N) is 1. The zero-order chi connectivity index (χ0) is 13.6. The average molecular weight is 255 g/mol. The Hall–Kier alpha value is -1.62. The number of benzene rings is 1. The van der Waals surface area contributed by atoms with Crippen LogP contribution in [0.1, 0.15) is 20.3 Å². The average Bonchev–Trinajstić information content (AvgIpc) is 2.32. The molecule has 0 fully saturated rings. The zero-order valence-electron chi connectivity index (χ0n) is 10.6. The predicted octanol–water partition coefficient (Wildman–Crippen LogP) is 2.05. The Labute approximate surface area is 106 Å². The van der Waals surface area contributed by atoms with Crippen molar-refractivity contribution in [3.8, 4) is 5.75 Å². The number of hydrogen-bond donors (Lipinski definition) is 2. The van der Waals surface area contributed by atoms with Crippen molar-refractivity contribution in [1.82, 2.24) is 5.32 Å². The first-order chi connectivity index (χ1) is 8.49. The van der Waals surface area contributed by atoms with Crippen LogP contribution in [0.5, 0.6) is 5.75 Å². The second kappa shape index (κ2) is 6.35. The summed E-state index contributed by atoms with van der Waals surface area (Å²) in [4.78, 5) is 11.1. The van der Waals surface area contributed by atoms with E-state index in [9.17, 15) is 9.18 Å². The number of ether oxygens (including phenoxy) is 1. The normalized spacial score (nSPS) is 13.9. The molecule has 0 aliphatic rings. The van der Waals surface area contributed by atoms with E-state index in [1.165, 1.54) is 12.1 Å². The molecule has 4 nitrogen and oxygen atoms in total. The lowest BCUT2D eigenvalue weighted by atomic mass is 9.98. The summed E-state index contributed by atoms with van der Waals surface area (Å²) in [5.41, 5.74) is -1.06. The molecule has 0 bridgehead atoms. The molecule has 0 heterocycles. The van der Waals surface area contributed by atoms with Gasteiger partial charge in [-0.05, 0) is 25.6 Å². The summed E-state index contributed by atoms with van der Waals surface area (Å²) in [5.74, 6) is -1.25. The number of carboxylic acids is 1.